The molecule has 0 spiro atoms. The summed E-state index contributed by atoms with van der Waals surface area (Å²) in [5, 5.41) is 2.42. The van der Waals surface area contributed by atoms with Gasteiger partial charge in [0.25, 0.3) is 10.1 Å². The summed E-state index contributed by atoms with van der Waals surface area (Å²) in [6.45, 7) is 6.31. The van der Waals surface area contributed by atoms with Gasteiger partial charge in [0.1, 0.15) is 0 Å². The molecule has 0 saturated carbocycles. The Morgan fingerprint density at radius 2 is 2.14 bits per heavy atom. The van der Waals surface area contributed by atoms with E-state index in [0.29, 0.717) is 0 Å². The molecule has 7 heteroatoms. The molecule has 0 heterocycles. The molecule has 0 unspecified atom stereocenters. The van der Waals surface area contributed by atoms with Crippen molar-refractivity contribution in [3.8, 4) is 0 Å². The Balaban J connectivity index is 4.49. The van der Waals surface area contributed by atoms with Crippen LogP contribution in [0.2, 0.25) is 0 Å². The van der Waals surface area contributed by atoms with Gasteiger partial charge in [0, 0.05) is 0 Å². The summed E-state index contributed by atoms with van der Waals surface area (Å²) >= 11 is 0. The van der Waals surface area contributed by atoms with E-state index in [9.17, 15) is 13.2 Å². The van der Waals surface area contributed by atoms with E-state index >= 15 is 0 Å². The van der Waals surface area contributed by atoms with Gasteiger partial charge in [-0.15, -0.1) is 0 Å². The van der Waals surface area contributed by atoms with Crippen molar-refractivity contribution in [2.45, 2.75) is 19.4 Å². The number of rotatable bonds is 5. The minimum Gasteiger partial charge on any atom is -0.347 e. The highest BCUT2D eigenvalue weighted by molar-refractivity contribution is 7.86. The standard InChI is InChI=1S/C7H14N2O4S/c1-4-6(10)9-7(2,3)5-14(11,12)13-8/h4H,1,5,8H2,2-3H3,(H,9,10). The number of nitrogens with one attached hydrogen (secondary N) is 1. The zero-order chi connectivity index (χ0) is 11.4. The van der Waals surface area contributed by atoms with E-state index < -0.39 is 27.3 Å². The molecule has 0 rings (SSSR count). The minimum atomic E-state index is -3.80. The van der Waals surface area contributed by atoms with Gasteiger partial charge in [-0.2, -0.15) is 18.6 Å². The molecule has 6 nitrogen and oxygen atoms in total. The molecule has 82 valence electrons. The van der Waals surface area contributed by atoms with Gasteiger partial charge >= 0.3 is 0 Å². The second-order valence-corrected chi connectivity index (χ2v) is 4.97. The molecular formula is C7H14N2O4S. The van der Waals surface area contributed by atoms with E-state index in [1.807, 2.05) is 0 Å². The SMILES string of the molecule is C=CC(=O)NC(C)(C)CS(=O)(=O)ON. The topological polar surface area (TPSA) is 98.5 Å². The van der Waals surface area contributed by atoms with Crippen LogP contribution in [0.15, 0.2) is 12.7 Å². The largest absolute Gasteiger partial charge is 0.347 e. The Morgan fingerprint density at radius 3 is 2.50 bits per heavy atom. The molecule has 0 aliphatic carbocycles. The van der Waals surface area contributed by atoms with E-state index in [1.165, 1.54) is 13.8 Å². The summed E-state index contributed by atoms with van der Waals surface area (Å²) in [7, 11) is -3.80. The third-order valence-corrected chi connectivity index (χ3v) is 2.70. The lowest BCUT2D eigenvalue weighted by atomic mass is 10.1. The first kappa shape index (κ1) is 13.1. The highest BCUT2D eigenvalue weighted by atomic mass is 32.2. The summed E-state index contributed by atoms with van der Waals surface area (Å²) in [6.07, 6.45) is 1.05. The monoisotopic (exact) mass is 222 g/mol. The van der Waals surface area contributed by atoms with Crippen LogP contribution in [0.4, 0.5) is 0 Å². The zero-order valence-electron chi connectivity index (χ0n) is 8.11. The highest BCUT2D eigenvalue weighted by Crippen LogP contribution is 2.07. The van der Waals surface area contributed by atoms with E-state index in [1.54, 1.807) is 0 Å². The number of nitrogens with two attached hydrogens (primary N) is 1. The van der Waals surface area contributed by atoms with Gasteiger partial charge in [0.15, 0.2) is 0 Å². The highest BCUT2D eigenvalue weighted by Gasteiger charge is 2.27. The second-order valence-electron chi connectivity index (χ2n) is 3.38. The lowest BCUT2D eigenvalue weighted by Gasteiger charge is -2.24. The predicted molar refractivity (Wildman–Crippen MR) is 51.5 cm³/mol. The summed E-state index contributed by atoms with van der Waals surface area (Å²) in [5.41, 5.74) is -0.955. The number of hydrogen-bond donors (Lipinski definition) is 2. The minimum absolute atomic E-state index is 0.407. The third kappa shape index (κ3) is 4.95. The fraction of sp³-hybridized carbons (Fsp3) is 0.571. The Morgan fingerprint density at radius 1 is 1.64 bits per heavy atom. The Bertz CT molecular complexity index is 321. The van der Waals surface area contributed by atoms with Crippen LogP contribution < -0.4 is 11.2 Å². The van der Waals surface area contributed by atoms with Crippen LogP contribution >= 0.6 is 0 Å². The van der Waals surface area contributed by atoms with Gasteiger partial charge in [0.05, 0.1) is 11.3 Å². The van der Waals surface area contributed by atoms with Gasteiger partial charge in [0.2, 0.25) is 5.91 Å². The third-order valence-electron chi connectivity index (χ3n) is 1.33. The zero-order valence-corrected chi connectivity index (χ0v) is 8.93. The number of carbonyl (C=O) groups is 1. The van der Waals surface area contributed by atoms with E-state index in [-0.39, 0.29) is 0 Å². The molecular weight excluding hydrogens is 208 g/mol. The van der Waals surface area contributed by atoms with Crippen LogP contribution in [0.1, 0.15) is 13.8 Å². The van der Waals surface area contributed by atoms with Crippen molar-refractivity contribution in [1.82, 2.24) is 5.32 Å². The quantitative estimate of drug-likeness (QED) is 0.473. The maximum absolute atomic E-state index is 11.0. The number of amides is 1. The Kier molecular flexibility index (Phi) is 4.24. The first-order chi connectivity index (χ1) is 6.22. The van der Waals surface area contributed by atoms with Gasteiger partial charge in [-0.1, -0.05) is 6.58 Å². The van der Waals surface area contributed by atoms with Crippen LogP contribution in [0.3, 0.4) is 0 Å². The van der Waals surface area contributed by atoms with Gasteiger partial charge in [-0.3, -0.25) is 4.79 Å². The van der Waals surface area contributed by atoms with Crippen molar-refractivity contribution in [2.75, 3.05) is 5.75 Å². The van der Waals surface area contributed by atoms with E-state index in [4.69, 9.17) is 0 Å². The van der Waals surface area contributed by atoms with Crippen LogP contribution in [0.25, 0.3) is 0 Å². The lowest BCUT2D eigenvalue weighted by molar-refractivity contribution is -0.117. The molecule has 14 heavy (non-hydrogen) atoms. The molecule has 0 aliphatic heterocycles. The average molecular weight is 222 g/mol. The molecule has 0 atom stereocenters. The molecule has 0 aromatic heterocycles. The Hall–Kier alpha value is -0.920. The van der Waals surface area contributed by atoms with Gasteiger partial charge in [-0.25, -0.2) is 0 Å². The molecule has 0 saturated heterocycles. The van der Waals surface area contributed by atoms with Crippen molar-refractivity contribution in [3.05, 3.63) is 12.7 Å². The lowest BCUT2D eigenvalue weighted by Crippen LogP contribution is -2.48. The van der Waals surface area contributed by atoms with Crippen molar-refractivity contribution >= 4 is 16.0 Å². The molecule has 0 bridgehead atoms. The summed E-state index contributed by atoms with van der Waals surface area (Å²) in [6, 6.07) is 0. The van der Waals surface area contributed by atoms with E-state index in [2.05, 4.69) is 22.1 Å². The van der Waals surface area contributed by atoms with Gasteiger partial charge < -0.3 is 5.32 Å². The maximum atomic E-state index is 11.0. The smallest absolute Gasteiger partial charge is 0.285 e. The Labute approximate surface area is 83.2 Å². The average Bonchev–Trinajstić information content (AvgIpc) is 2.01. The summed E-state index contributed by atoms with van der Waals surface area (Å²) in [5.74, 6) is 3.69. The molecule has 0 aromatic rings. The molecule has 1 amide bonds. The van der Waals surface area contributed by atoms with Crippen molar-refractivity contribution in [2.24, 2.45) is 5.90 Å². The molecule has 0 fully saturated rings. The summed E-state index contributed by atoms with van der Waals surface area (Å²) < 4.78 is 25.7. The first-order valence-electron chi connectivity index (χ1n) is 3.78. The number of carbonyl (C=O) groups excluding carboxylic acids is 1. The van der Waals surface area contributed by atoms with Crippen molar-refractivity contribution in [3.63, 3.8) is 0 Å². The van der Waals surface area contributed by atoms with Gasteiger partial charge in [-0.05, 0) is 19.9 Å². The van der Waals surface area contributed by atoms with E-state index in [0.717, 1.165) is 6.08 Å². The van der Waals surface area contributed by atoms with Crippen LogP contribution in [-0.2, 0) is 19.2 Å². The van der Waals surface area contributed by atoms with Crippen LogP contribution in [0.5, 0.6) is 0 Å². The molecule has 0 radical (unpaired) electrons. The second kappa shape index (κ2) is 4.54. The van der Waals surface area contributed by atoms with Crippen molar-refractivity contribution in [1.29, 1.82) is 0 Å². The maximum Gasteiger partial charge on any atom is 0.285 e. The fourth-order valence-corrected chi connectivity index (χ4v) is 1.92. The molecule has 0 aliphatic rings. The van der Waals surface area contributed by atoms with Crippen LogP contribution in [0, 0.1) is 0 Å². The number of hydrogen-bond acceptors (Lipinski definition) is 5. The molecule has 3 N–H and O–H groups in total. The van der Waals surface area contributed by atoms with Crippen LogP contribution in [-0.4, -0.2) is 25.6 Å². The molecule has 0 aromatic carbocycles. The fourth-order valence-electron chi connectivity index (χ4n) is 0.897. The van der Waals surface area contributed by atoms with Crippen molar-refractivity contribution < 1.29 is 17.5 Å². The first-order valence-corrected chi connectivity index (χ1v) is 5.36. The summed E-state index contributed by atoms with van der Waals surface area (Å²) in [4.78, 5) is 10.9. The normalized spacial score (nSPS) is 12.2. The predicted octanol–water partition coefficient (Wildman–Crippen LogP) is -0.713.